The predicted octanol–water partition coefficient (Wildman–Crippen LogP) is 2.92. The average Bonchev–Trinajstić information content (AvgIpc) is 3.11. The standard InChI is InChI=1S/C18H23N3O2/c1-11-7-12(2)16(13(3)8-11)9-17-19-18(23-20-17)15-5-6-21(10-15)14(4)22/h7-8,15H,5-6,9-10H2,1-4H3. The summed E-state index contributed by atoms with van der Waals surface area (Å²) in [6, 6.07) is 4.37. The summed E-state index contributed by atoms with van der Waals surface area (Å²) in [5.41, 5.74) is 5.06. The molecule has 0 bridgehead atoms. The normalized spacial score (nSPS) is 17.7. The number of carbonyl (C=O) groups is 1. The van der Waals surface area contributed by atoms with Crippen molar-refractivity contribution in [3.63, 3.8) is 0 Å². The minimum Gasteiger partial charge on any atom is -0.342 e. The molecule has 5 nitrogen and oxygen atoms in total. The first-order chi connectivity index (χ1) is 10.9. The van der Waals surface area contributed by atoms with Gasteiger partial charge in [0.1, 0.15) is 0 Å². The molecule has 2 aromatic rings. The minimum absolute atomic E-state index is 0.109. The van der Waals surface area contributed by atoms with Crippen molar-refractivity contribution in [1.82, 2.24) is 15.0 Å². The second-order valence-corrected chi connectivity index (χ2v) is 6.55. The van der Waals surface area contributed by atoms with Gasteiger partial charge in [-0.25, -0.2) is 0 Å². The van der Waals surface area contributed by atoms with E-state index in [1.54, 1.807) is 6.92 Å². The molecule has 1 aliphatic rings. The Balaban J connectivity index is 1.75. The minimum atomic E-state index is 0.109. The van der Waals surface area contributed by atoms with Crippen molar-refractivity contribution < 1.29 is 9.32 Å². The van der Waals surface area contributed by atoms with Crippen molar-refractivity contribution >= 4 is 5.91 Å². The molecule has 1 aromatic carbocycles. The molecule has 1 atom stereocenters. The Bertz CT molecular complexity index is 713. The van der Waals surface area contributed by atoms with Crippen molar-refractivity contribution in [3.05, 3.63) is 46.1 Å². The number of nitrogens with zero attached hydrogens (tertiary/aromatic N) is 3. The van der Waals surface area contributed by atoms with Crippen LogP contribution in [0, 0.1) is 20.8 Å². The summed E-state index contributed by atoms with van der Waals surface area (Å²) < 4.78 is 5.45. The number of amides is 1. The van der Waals surface area contributed by atoms with Gasteiger partial charge in [-0.15, -0.1) is 0 Å². The molecule has 0 N–H and O–H groups in total. The van der Waals surface area contributed by atoms with E-state index >= 15 is 0 Å². The number of rotatable bonds is 3. The molecule has 1 fully saturated rings. The molecule has 1 saturated heterocycles. The number of benzene rings is 1. The van der Waals surface area contributed by atoms with Gasteiger partial charge in [-0.3, -0.25) is 4.79 Å². The SMILES string of the molecule is CC(=O)N1CCC(c2nc(Cc3c(C)cc(C)cc3C)no2)C1. The maximum absolute atomic E-state index is 11.4. The molecule has 0 aliphatic carbocycles. The first-order valence-electron chi connectivity index (χ1n) is 8.08. The molecule has 1 amide bonds. The van der Waals surface area contributed by atoms with Crippen LogP contribution in [0.3, 0.4) is 0 Å². The van der Waals surface area contributed by atoms with Crippen LogP contribution in [0.4, 0.5) is 0 Å². The summed E-state index contributed by atoms with van der Waals surface area (Å²) >= 11 is 0. The molecule has 23 heavy (non-hydrogen) atoms. The zero-order valence-electron chi connectivity index (χ0n) is 14.2. The number of aryl methyl sites for hydroxylation is 3. The molecule has 5 heteroatoms. The summed E-state index contributed by atoms with van der Waals surface area (Å²) in [7, 11) is 0. The molecule has 2 heterocycles. The zero-order chi connectivity index (χ0) is 16.6. The fourth-order valence-corrected chi connectivity index (χ4v) is 3.40. The lowest BCUT2D eigenvalue weighted by Gasteiger charge is -2.11. The third kappa shape index (κ3) is 3.28. The number of hydrogen-bond donors (Lipinski definition) is 0. The Labute approximate surface area is 136 Å². The Morgan fingerprint density at radius 1 is 1.30 bits per heavy atom. The van der Waals surface area contributed by atoms with Crippen LogP contribution in [0.5, 0.6) is 0 Å². The van der Waals surface area contributed by atoms with Gasteiger partial charge in [0.15, 0.2) is 5.82 Å². The third-order valence-electron chi connectivity index (χ3n) is 4.64. The van der Waals surface area contributed by atoms with Crippen LogP contribution in [0.2, 0.25) is 0 Å². The molecule has 1 aliphatic heterocycles. The molecule has 0 radical (unpaired) electrons. The van der Waals surface area contributed by atoms with Crippen LogP contribution < -0.4 is 0 Å². The lowest BCUT2D eigenvalue weighted by Crippen LogP contribution is -2.25. The van der Waals surface area contributed by atoms with E-state index in [0.717, 1.165) is 18.8 Å². The van der Waals surface area contributed by atoms with Crippen LogP contribution in [0.25, 0.3) is 0 Å². The molecule has 3 rings (SSSR count). The fraction of sp³-hybridized carbons (Fsp3) is 0.500. The van der Waals surface area contributed by atoms with Crippen molar-refractivity contribution in [2.75, 3.05) is 13.1 Å². The van der Waals surface area contributed by atoms with Gasteiger partial charge in [-0.05, 0) is 43.9 Å². The van der Waals surface area contributed by atoms with E-state index in [-0.39, 0.29) is 11.8 Å². The van der Waals surface area contributed by atoms with E-state index < -0.39 is 0 Å². The van der Waals surface area contributed by atoms with Gasteiger partial charge < -0.3 is 9.42 Å². The Kier molecular flexibility index (Phi) is 4.20. The van der Waals surface area contributed by atoms with Gasteiger partial charge in [0.2, 0.25) is 11.8 Å². The highest BCUT2D eigenvalue weighted by atomic mass is 16.5. The van der Waals surface area contributed by atoms with Crippen molar-refractivity contribution in [1.29, 1.82) is 0 Å². The van der Waals surface area contributed by atoms with Gasteiger partial charge in [0.25, 0.3) is 0 Å². The fourth-order valence-electron chi connectivity index (χ4n) is 3.40. The summed E-state index contributed by atoms with van der Waals surface area (Å²) in [6.45, 7) is 9.41. The summed E-state index contributed by atoms with van der Waals surface area (Å²) in [4.78, 5) is 17.8. The first-order valence-corrected chi connectivity index (χ1v) is 8.08. The molecule has 1 aromatic heterocycles. The first kappa shape index (κ1) is 15.7. The molecular formula is C18H23N3O2. The highest BCUT2D eigenvalue weighted by molar-refractivity contribution is 5.73. The zero-order valence-corrected chi connectivity index (χ0v) is 14.2. The number of likely N-dealkylation sites (tertiary alicyclic amines) is 1. The quantitative estimate of drug-likeness (QED) is 0.874. The summed E-state index contributed by atoms with van der Waals surface area (Å²) in [5.74, 6) is 1.65. The second kappa shape index (κ2) is 6.14. The van der Waals surface area contributed by atoms with Gasteiger partial charge >= 0.3 is 0 Å². The van der Waals surface area contributed by atoms with Crippen LogP contribution >= 0.6 is 0 Å². The van der Waals surface area contributed by atoms with E-state index in [0.29, 0.717) is 18.9 Å². The van der Waals surface area contributed by atoms with E-state index in [4.69, 9.17) is 4.52 Å². The molecule has 0 spiro atoms. The maximum atomic E-state index is 11.4. The number of aromatic nitrogens is 2. The highest BCUT2D eigenvalue weighted by Crippen LogP contribution is 2.26. The average molecular weight is 313 g/mol. The van der Waals surface area contributed by atoms with E-state index in [1.165, 1.54) is 22.3 Å². The summed E-state index contributed by atoms with van der Waals surface area (Å²) in [6.07, 6.45) is 1.58. The Morgan fingerprint density at radius 2 is 2.00 bits per heavy atom. The van der Waals surface area contributed by atoms with E-state index in [1.807, 2.05) is 4.90 Å². The van der Waals surface area contributed by atoms with Crippen LogP contribution in [-0.2, 0) is 11.2 Å². The Hall–Kier alpha value is -2.17. The van der Waals surface area contributed by atoms with Crippen LogP contribution in [-0.4, -0.2) is 34.0 Å². The lowest BCUT2D eigenvalue weighted by atomic mass is 9.97. The number of carbonyl (C=O) groups excluding carboxylic acids is 1. The van der Waals surface area contributed by atoms with Crippen LogP contribution in [0.1, 0.15) is 53.2 Å². The third-order valence-corrected chi connectivity index (χ3v) is 4.64. The van der Waals surface area contributed by atoms with Crippen molar-refractivity contribution in [2.45, 2.75) is 46.5 Å². The maximum Gasteiger partial charge on any atom is 0.231 e. The number of hydrogen-bond acceptors (Lipinski definition) is 4. The highest BCUT2D eigenvalue weighted by Gasteiger charge is 2.29. The van der Waals surface area contributed by atoms with Gasteiger partial charge in [-0.2, -0.15) is 4.98 Å². The molecule has 122 valence electrons. The van der Waals surface area contributed by atoms with Crippen molar-refractivity contribution in [2.24, 2.45) is 0 Å². The Morgan fingerprint density at radius 3 is 2.61 bits per heavy atom. The van der Waals surface area contributed by atoms with Crippen molar-refractivity contribution in [3.8, 4) is 0 Å². The monoisotopic (exact) mass is 313 g/mol. The topological polar surface area (TPSA) is 59.2 Å². The second-order valence-electron chi connectivity index (χ2n) is 6.55. The summed E-state index contributed by atoms with van der Waals surface area (Å²) in [5, 5.41) is 4.14. The predicted molar refractivity (Wildman–Crippen MR) is 87.4 cm³/mol. The molecule has 1 unspecified atom stereocenters. The lowest BCUT2D eigenvalue weighted by molar-refractivity contribution is -0.127. The molecule has 0 saturated carbocycles. The largest absolute Gasteiger partial charge is 0.342 e. The van der Waals surface area contributed by atoms with Gasteiger partial charge in [0, 0.05) is 26.4 Å². The smallest absolute Gasteiger partial charge is 0.231 e. The van der Waals surface area contributed by atoms with Crippen LogP contribution in [0.15, 0.2) is 16.7 Å². The van der Waals surface area contributed by atoms with Gasteiger partial charge in [-0.1, -0.05) is 22.9 Å². The molecular weight excluding hydrogens is 290 g/mol. The van der Waals surface area contributed by atoms with E-state index in [2.05, 4.69) is 43.0 Å². The van der Waals surface area contributed by atoms with E-state index in [9.17, 15) is 4.79 Å². The van der Waals surface area contributed by atoms with Gasteiger partial charge in [0.05, 0.1) is 5.92 Å².